The van der Waals surface area contributed by atoms with Crippen molar-refractivity contribution in [3.63, 3.8) is 0 Å². The van der Waals surface area contributed by atoms with E-state index in [0.29, 0.717) is 23.1 Å². The predicted octanol–water partition coefficient (Wildman–Crippen LogP) is 3.28. The zero-order valence-corrected chi connectivity index (χ0v) is 12.5. The van der Waals surface area contributed by atoms with Crippen molar-refractivity contribution in [3.05, 3.63) is 58.9 Å². The Morgan fingerprint density at radius 1 is 1.18 bits per heavy atom. The number of anilines is 1. The minimum Gasteiger partial charge on any atom is -0.395 e. The number of benzene rings is 2. The molecule has 0 fully saturated rings. The molecule has 0 atom stereocenters. The predicted molar refractivity (Wildman–Crippen MR) is 85.8 cm³/mol. The van der Waals surface area contributed by atoms with Gasteiger partial charge in [-0.25, -0.2) is 9.37 Å². The van der Waals surface area contributed by atoms with Gasteiger partial charge in [-0.3, -0.25) is 0 Å². The minimum absolute atomic E-state index is 0.0103. The van der Waals surface area contributed by atoms with Crippen molar-refractivity contribution in [2.45, 2.75) is 6.54 Å². The minimum atomic E-state index is -0.349. The van der Waals surface area contributed by atoms with Gasteiger partial charge < -0.3 is 15.0 Å². The zero-order chi connectivity index (χ0) is 15.5. The summed E-state index contributed by atoms with van der Waals surface area (Å²) in [7, 11) is 0. The molecule has 6 heteroatoms. The Balaban J connectivity index is 2.08. The highest BCUT2D eigenvalue weighted by Gasteiger charge is 2.14. The maximum absolute atomic E-state index is 14.0. The van der Waals surface area contributed by atoms with Gasteiger partial charge in [0.05, 0.1) is 24.2 Å². The number of nitrogens with zero attached hydrogens (tertiary/aromatic N) is 2. The lowest BCUT2D eigenvalue weighted by Crippen LogP contribution is -2.12. The van der Waals surface area contributed by atoms with Crippen molar-refractivity contribution in [1.82, 2.24) is 9.55 Å². The Morgan fingerprint density at radius 2 is 2.00 bits per heavy atom. The number of halogens is 2. The van der Waals surface area contributed by atoms with Gasteiger partial charge in [-0.15, -0.1) is 0 Å². The van der Waals surface area contributed by atoms with Crippen molar-refractivity contribution in [3.8, 4) is 0 Å². The summed E-state index contributed by atoms with van der Waals surface area (Å²) in [6, 6.07) is 12.2. The molecule has 2 N–H and O–H groups in total. The number of fused-ring (bicyclic) bond motifs is 1. The number of aliphatic hydroxyl groups is 1. The zero-order valence-electron chi connectivity index (χ0n) is 11.8. The van der Waals surface area contributed by atoms with E-state index in [1.807, 2.05) is 28.8 Å². The maximum atomic E-state index is 14.0. The molecular weight excluding hydrogens is 305 g/mol. The number of rotatable bonds is 5. The van der Waals surface area contributed by atoms with Crippen molar-refractivity contribution in [1.29, 1.82) is 0 Å². The molecule has 0 radical (unpaired) electrons. The molecule has 0 amide bonds. The van der Waals surface area contributed by atoms with E-state index in [1.54, 1.807) is 12.1 Å². The number of aromatic nitrogens is 2. The second kappa shape index (κ2) is 6.34. The van der Waals surface area contributed by atoms with Crippen molar-refractivity contribution >= 4 is 28.6 Å². The summed E-state index contributed by atoms with van der Waals surface area (Å²) in [5, 5.41) is 12.4. The van der Waals surface area contributed by atoms with Gasteiger partial charge in [0.1, 0.15) is 5.82 Å². The van der Waals surface area contributed by atoms with Gasteiger partial charge in [0.2, 0.25) is 5.95 Å². The molecule has 4 nitrogen and oxygen atoms in total. The third-order valence-corrected chi connectivity index (χ3v) is 3.78. The van der Waals surface area contributed by atoms with Gasteiger partial charge in [-0.1, -0.05) is 29.8 Å². The second-order valence-electron chi connectivity index (χ2n) is 4.86. The van der Waals surface area contributed by atoms with E-state index in [2.05, 4.69) is 10.3 Å². The quantitative estimate of drug-likeness (QED) is 0.759. The topological polar surface area (TPSA) is 50.1 Å². The van der Waals surface area contributed by atoms with Crippen LogP contribution in [0.5, 0.6) is 0 Å². The largest absolute Gasteiger partial charge is 0.395 e. The van der Waals surface area contributed by atoms with Crippen LogP contribution in [0.1, 0.15) is 5.56 Å². The van der Waals surface area contributed by atoms with Crippen molar-refractivity contribution in [2.75, 3.05) is 18.5 Å². The van der Waals surface area contributed by atoms with Gasteiger partial charge in [0.15, 0.2) is 0 Å². The summed E-state index contributed by atoms with van der Waals surface area (Å²) >= 11 is 6.12. The number of hydrogen-bond acceptors (Lipinski definition) is 3. The number of hydrogen-bond donors (Lipinski definition) is 2. The SMILES string of the molecule is OCCNc1nc2ccccc2n1Cc1c(F)cccc1Cl. The first kappa shape index (κ1) is 14.8. The lowest BCUT2D eigenvalue weighted by molar-refractivity contribution is 0.310. The van der Waals surface area contributed by atoms with Gasteiger partial charge in [0, 0.05) is 17.1 Å². The van der Waals surface area contributed by atoms with Crippen LogP contribution in [-0.4, -0.2) is 27.8 Å². The molecule has 0 saturated carbocycles. The van der Waals surface area contributed by atoms with E-state index in [0.717, 1.165) is 11.0 Å². The highest BCUT2D eigenvalue weighted by molar-refractivity contribution is 6.31. The summed E-state index contributed by atoms with van der Waals surface area (Å²) in [5.74, 6) is 0.230. The second-order valence-corrected chi connectivity index (χ2v) is 5.27. The number of nitrogens with one attached hydrogen (secondary N) is 1. The Kier molecular flexibility index (Phi) is 4.27. The van der Waals surface area contributed by atoms with Crippen LogP contribution in [0.4, 0.5) is 10.3 Å². The Bertz CT molecular complexity index is 783. The molecule has 0 saturated heterocycles. The van der Waals surface area contributed by atoms with Crippen LogP contribution in [0.3, 0.4) is 0 Å². The third-order valence-electron chi connectivity index (χ3n) is 3.43. The number of imidazole rings is 1. The molecule has 3 rings (SSSR count). The van der Waals surface area contributed by atoms with Crippen LogP contribution >= 0.6 is 11.6 Å². The lowest BCUT2D eigenvalue weighted by Gasteiger charge is -2.12. The smallest absolute Gasteiger partial charge is 0.204 e. The van der Waals surface area contributed by atoms with Crippen LogP contribution in [-0.2, 0) is 6.54 Å². The Morgan fingerprint density at radius 3 is 2.77 bits per heavy atom. The van der Waals surface area contributed by atoms with Gasteiger partial charge >= 0.3 is 0 Å². The van der Waals surface area contributed by atoms with Crippen molar-refractivity contribution in [2.24, 2.45) is 0 Å². The molecule has 0 aliphatic heterocycles. The molecule has 0 unspecified atom stereocenters. The summed E-state index contributed by atoms with van der Waals surface area (Å²) in [5.41, 5.74) is 2.09. The highest BCUT2D eigenvalue weighted by atomic mass is 35.5. The number of aliphatic hydroxyl groups excluding tert-OH is 1. The van der Waals surface area contributed by atoms with E-state index >= 15 is 0 Å². The summed E-state index contributed by atoms with van der Waals surface area (Å²) in [4.78, 5) is 4.48. The van der Waals surface area contributed by atoms with Crippen LogP contribution in [0.2, 0.25) is 5.02 Å². The summed E-state index contributed by atoms with van der Waals surface area (Å²) < 4.78 is 15.9. The average Bonchev–Trinajstić information content (AvgIpc) is 2.86. The fraction of sp³-hybridized carbons (Fsp3) is 0.188. The first-order valence-corrected chi connectivity index (χ1v) is 7.31. The Labute approximate surface area is 132 Å². The summed E-state index contributed by atoms with van der Waals surface area (Å²) in [6.07, 6.45) is 0. The molecule has 22 heavy (non-hydrogen) atoms. The van der Waals surface area contributed by atoms with E-state index in [-0.39, 0.29) is 19.0 Å². The van der Waals surface area contributed by atoms with Gasteiger partial charge in [-0.05, 0) is 24.3 Å². The Hall–Kier alpha value is -2.11. The lowest BCUT2D eigenvalue weighted by atomic mass is 10.2. The highest BCUT2D eigenvalue weighted by Crippen LogP contribution is 2.25. The fourth-order valence-electron chi connectivity index (χ4n) is 2.38. The third kappa shape index (κ3) is 2.77. The molecule has 0 aliphatic carbocycles. The van der Waals surface area contributed by atoms with Crippen LogP contribution < -0.4 is 5.32 Å². The fourth-order valence-corrected chi connectivity index (χ4v) is 2.60. The molecule has 0 spiro atoms. The van der Waals surface area contributed by atoms with Crippen LogP contribution in [0.15, 0.2) is 42.5 Å². The van der Waals surface area contributed by atoms with Crippen LogP contribution in [0, 0.1) is 5.82 Å². The molecule has 1 aromatic heterocycles. The maximum Gasteiger partial charge on any atom is 0.204 e. The molecule has 3 aromatic rings. The van der Waals surface area contributed by atoms with E-state index in [9.17, 15) is 4.39 Å². The average molecular weight is 320 g/mol. The van der Waals surface area contributed by atoms with E-state index in [4.69, 9.17) is 16.7 Å². The summed E-state index contributed by atoms with van der Waals surface area (Å²) in [6.45, 7) is 0.623. The number of para-hydroxylation sites is 2. The van der Waals surface area contributed by atoms with E-state index < -0.39 is 0 Å². The molecule has 2 aromatic carbocycles. The molecular formula is C16H15ClFN3O. The molecule has 114 valence electrons. The van der Waals surface area contributed by atoms with Gasteiger partial charge in [-0.2, -0.15) is 0 Å². The van der Waals surface area contributed by atoms with E-state index in [1.165, 1.54) is 6.07 Å². The standard InChI is InChI=1S/C16H15ClFN3O/c17-12-4-3-5-13(18)11(12)10-21-15-7-2-1-6-14(15)20-16(21)19-8-9-22/h1-7,22H,8-10H2,(H,19,20). The first-order valence-electron chi connectivity index (χ1n) is 6.93. The van der Waals surface area contributed by atoms with Crippen LogP contribution in [0.25, 0.3) is 11.0 Å². The normalized spacial score (nSPS) is 11.0. The van der Waals surface area contributed by atoms with Crippen molar-refractivity contribution < 1.29 is 9.50 Å². The first-order chi connectivity index (χ1) is 10.7. The molecule has 0 aliphatic rings. The monoisotopic (exact) mass is 319 g/mol. The molecule has 1 heterocycles. The van der Waals surface area contributed by atoms with Gasteiger partial charge in [0.25, 0.3) is 0 Å². The molecule has 0 bridgehead atoms.